The lowest BCUT2D eigenvalue weighted by Gasteiger charge is -2.26. The van der Waals surface area contributed by atoms with E-state index < -0.39 is 0 Å². The van der Waals surface area contributed by atoms with Crippen LogP contribution in [0.25, 0.3) is 22.5 Å². The Morgan fingerprint density at radius 2 is 1.93 bits per heavy atom. The molecule has 1 amide bonds. The minimum Gasteiger partial charge on any atom is -0.460 e. The lowest BCUT2D eigenvalue weighted by atomic mass is 10.0. The monoisotopic (exact) mass is 373 g/mol. The molecular formula is C21H19N5O2. The van der Waals surface area contributed by atoms with Gasteiger partial charge in [-0.05, 0) is 43.7 Å². The van der Waals surface area contributed by atoms with Gasteiger partial charge in [-0.1, -0.05) is 0 Å². The van der Waals surface area contributed by atoms with Crippen LogP contribution in [0.3, 0.4) is 0 Å². The Kier molecular flexibility index (Phi) is 3.75. The number of aromatic nitrogens is 4. The van der Waals surface area contributed by atoms with Gasteiger partial charge in [-0.25, -0.2) is 0 Å². The van der Waals surface area contributed by atoms with Crippen LogP contribution in [0, 0.1) is 6.92 Å². The maximum absolute atomic E-state index is 13.0. The molecule has 1 aliphatic heterocycles. The smallest absolute Gasteiger partial charge is 0.254 e. The molecule has 7 heteroatoms. The average molecular weight is 373 g/mol. The zero-order valence-electron chi connectivity index (χ0n) is 15.7. The van der Waals surface area contributed by atoms with Crippen LogP contribution in [0.15, 0.2) is 47.1 Å². The third kappa shape index (κ3) is 2.67. The van der Waals surface area contributed by atoms with Crippen LogP contribution in [0.5, 0.6) is 0 Å². The number of hydrogen-bond acceptors (Lipinski definition) is 5. The molecule has 4 aromatic rings. The van der Waals surface area contributed by atoms with Gasteiger partial charge in [0.05, 0.1) is 23.3 Å². The number of carbonyl (C=O) groups is 1. The summed E-state index contributed by atoms with van der Waals surface area (Å²) in [6, 6.07) is 9.37. The molecule has 5 rings (SSSR count). The van der Waals surface area contributed by atoms with Gasteiger partial charge in [0.25, 0.3) is 5.91 Å². The van der Waals surface area contributed by atoms with Gasteiger partial charge in [-0.15, -0.1) is 0 Å². The molecule has 28 heavy (non-hydrogen) atoms. The van der Waals surface area contributed by atoms with Crippen molar-refractivity contribution in [3.8, 4) is 11.5 Å². The Labute approximate surface area is 161 Å². The van der Waals surface area contributed by atoms with E-state index in [-0.39, 0.29) is 5.91 Å². The van der Waals surface area contributed by atoms with Gasteiger partial charge < -0.3 is 9.32 Å². The highest BCUT2D eigenvalue weighted by Gasteiger charge is 2.28. The summed E-state index contributed by atoms with van der Waals surface area (Å²) in [5, 5.41) is 4.65. The maximum Gasteiger partial charge on any atom is 0.254 e. The van der Waals surface area contributed by atoms with Gasteiger partial charge in [0.1, 0.15) is 11.5 Å². The molecule has 0 fully saturated rings. The van der Waals surface area contributed by atoms with E-state index in [2.05, 4.69) is 15.1 Å². The summed E-state index contributed by atoms with van der Waals surface area (Å²) < 4.78 is 7.65. The van der Waals surface area contributed by atoms with E-state index in [0.717, 1.165) is 45.9 Å². The predicted molar refractivity (Wildman–Crippen MR) is 104 cm³/mol. The van der Waals surface area contributed by atoms with Crippen LogP contribution in [0.1, 0.15) is 27.4 Å². The quantitative estimate of drug-likeness (QED) is 0.539. The van der Waals surface area contributed by atoms with Gasteiger partial charge in [0.15, 0.2) is 5.76 Å². The molecule has 0 spiro atoms. The molecule has 4 heterocycles. The summed E-state index contributed by atoms with van der Waals surface area (Å²) >= 11 is 0. The predicted octanol–water partition coefficient (Wildman–Crippen LogP) is 3.13. The lowest BCUT2D eigenvalue weighted by Crippen LogP contribution is -2.36. The number of rotatable bonds is 2. The Morgan fingerprint density at radius 1 is 1.11 bits per heavy atom. The lowest BCUT2D eigenvalue weighted by molar-refractivity contribution is 0.0732. The molecule has 3 aromatic heterocycles. The van der Waals surface area contributed by atoms with Gasteiger partial charge >= 0.3 is 0 Å². The van der Waals surface area contributed by atoms with Crippen molar-refractivity contribution in [3.63, 3.8) is 0 Å². The zero-order valence-corrected chi connectivity index (χ0v) is 15.7. The van der Waals surface area contributed by atoms with E-state index >= 15 is 0 Å². The normalized spacial score (nSPS) is 13.7. The van der Waals surface area contributed by atoms with Crippen LogP contribution in [-0.2, 0) is 20.0 Å². The molecule has 0 bridgehead atoms. The number of fused-ring (bicyclic) bond motifs is 2. The average Bonchev–Trinajstić information content (AvgIpc) is 3.28. The first-order chi connectivity index (χ1) is 13.6. The van der Waals surface area contributed by atoms with Crippen LogP contribution in [-0.4, -0.2) is 37.1 Å². The van der Waals surface area contributed by atoms with Gasteiger partial charge in [0.2, 0.25) is 0 Å². The van der Waals surface area contributed by atoms with Crippen LogP contribution in [0.4, 0.5) is 0 Å². The minimum absolute atomic E-state index is 0.0146. The first-order valence-electron chi connectivity index (χ1n) is 9.22. The van der Waals surface area contributed by atoms with Crippen molar-refractivity contribution in [1.82, 2.24) is 24.6 Å². The van der Waals surface area contributed by atoms with E-state index in [0.29, 0.717) is 18.7 Å². The molecule has 0 unspecified atom stereocenters. The third-order valence-corrected chi connectivity index (χ3v) is 5.18. The third-order valence-electron chi connectivity index (χ3n) is 5.18. The van der Waals surface area contributed by atoms with Crippen LogP contribution in [0.2, 0.25) is 0 Å². The Hall–Kier alpha value is -3.48. The molecule has 7 nitrogen and oxygen atoms in total. The topological polar surface area (TPSA) is 77.1 Å². The molecule has 0 saturated carbocycles. The van der Waals surface area contributed by atoms with Crippen molar-refractivity contribution >= 4 is 16.9 Å². The molecular weight excluding hydrogens is 354 g/mol. The number of furan rings is 1. The second-order valence-corrected chi connectivity index (χ2v) is 7.04. The number of amides is 1. The van der Waals surface area contributed by atoms with Crippen molar-refractivity contribution in [3.05, 3.63) is 65.3 Å². The van der Waals surface area contributed by atoms with E-state index in [1.54, 1.807) is 18.5 Å². The minimum atomic E-state index is -0.0146. The molecule has 1 aromatic carbocycles. The van der Waals surface area contributed by atoms with E-state index in [4.69, 9.17) is 4.42 Å². The second-order valence-electron chi connectivity index (χ2n) is 7.04. The number of aryl methyl sites for hydroxylation is 2. The summed E-state index contributed by atoms with van der Waals surface area (Å²) in [7, 11) is 1.92. The van der Waals surface area contributed by atoms with Crippen molar-refractivity contribution in [2.75, 3.05) is 6.54 Å². The van der Waals surface area contributed by atoms with Gasteiger partial charge in [-0.3, -0.25) is 19.4 Å². The van der Waals surface area contributed by atoms with Gasteiger partial charge in [-0.2, -0.15) is 5.10 Å². The Balaban J connectivity index is 1.44. The number of benzene rings is 1. The molecule has 0 atom stereocenters. The largest absolute Gasteiger partial charge is 0.460 e. The molecule has 140 valence electrons. The summed E-state index contributed by atoms with van der Waals surface area (Å²) in [4.78, 5) is 23.4. The molecule has 0 radical (unpaired) electrons. The number of carbonyl (C=O) groups excluding carboxylic acids is 1. The Morgan fingerprint density at radius 3 is 2.71 bits per heavy atom. The highest BCUT2D eigenvalue weighted by Crippen LogP contribution is 2.31. The van der Waals surface area contributed by atoms with E-state index in [9.17, 15) is 4.79 Å². The maximum atomic E-state index is 13.0. The Bertz CT molecular complexity index is 1210. The molecule has 0 saturated heterocycles. The molecule has 1 aliphatic rings. The van der Waals surface area contributed by atoms with Crippen molar-refractivity contribution in [1.29, 1.82) is 0 Å². The fourth-order valence-corrected chi connectivity index (χ4v) is 3.84. The summed E-state index contributed by atoms with van der Waals surface area (Å²) in [5.74, 6) is 1.68. The summed E-state index contributed by atoms with van der Waals surface area (Å²) in [6.45, 7) is 3.06. The number of nitrogens with zero attached hydrogens (tertiary/aromatic N) is 5. The highest BCUT2D eigenvalue weighted by molar-refractivity contribution is 5.97. The van der Waals surface area contributed by atoms with Crippen molar-refractivity contribution < 1.29 is 9.21 Å². The first-order valence-corrected chi connectivity index (χ1v) is 9.22. The first kappa shape index (κ1) is 16.7. The van der Waals surface area contributed by atoms with E-state index in [1.165, 1.54) is 0 Å². The summed E-state index contributed by atoms with van der Waals surface area (Å²) in [6.07, 6.45) is 4.03. The van der Waals surface area contributed by atoms with E-state index in [1.807, 2.05) is 47.8 Å². The number of hydrogen-bond donors (Lipinski definition) is 0. The van der Waals surface area contributed by atoms with Gasteiger partial charge in [0, 0.05) is 37.1 Å². The van der Waals surface area contributed by atoms with Crippen molar-refractivity contribution in [2.24, 2.45) is 7.05 Å². The van der Waals surface area contributed by atoms with Crippen molar-refractivity contribution in [2.45, 2.75) is 19.9 Å². The molecule has 0 aliphatic carbocycles. The zero-order chi connectivity index (χ0) is 19.3. The second kappa shape index (κ2) is 6.30. The SMILES string of the molecule is Cc1ccc(-c2c3c(nn2C)CN(C(=O)c2ccc4nccnc4c2)CC3)o1. The summed E-state index contributed by atoms with van der Waals surface area (Å²) in [5.41, 5.74) is 5.20. The highest BCUT2D eigenvalue weighted by atomic mass is 16.3. The van der Waals surface area contributed by atoms with Crippen LogP contribution >= 0.6 is 0 Å². The fourth-order valence-electron chi connectivity index (χ4n) is 3.84. The fraction of sp³-hybridized carbons (Fsp3) is 0.238. The molecule has 0 N–H and O–H groups in total. The standard InChI is InChI=1S/C21H19N5O2/c1-13-3-6-19(28-13)20-15-7-10-26(12-18(15)24-25(20)2)21(27)14-4-5-16-17(11-14)23-9-8-22-16/h3-6,8-9,11H,7,10,12H2,1-2H3. The van der Waals surface area contributed by atoms with Crippen LogP contribution < -0.4 is 0 Å².